The molecule has 3 nitrogen and oxygen atoms in total. The summed E-state index contributed by atoms with van der Waals surface area (Å²) >= 11 is 0. The predicted molar refractivity (Wildman–Crippen MR) is 81.6 cm³/mol. The first-order valence-electron chi connectivity index (χ1n) is 5.84. The van der Waals surface area contributed by atoms with Gasteiger partial charge in [0, 0.05) is 18.1 Å². The van der Waals surface area contributed by atoms with Crippen molar-refractivity contribution in [3.63, 3.8) is 0 Å². The molecule has 1 fully saturated rings. The zero-order chi connectivity index (χ0) is 11.7. The van der Waals surface area contributed by atoms with Gasteiger partial charge in [-0.05, 0) is 39.5 Å². The highest BCUT2D eigenvalue weighted by Gasteiger charge is 2.46. The zero-order valence-corrected chi connectivity index (χ0v) is 13.7. The van der Waals surface area contributed by atoms with Crippen molar-refractivity contribution in [1.82, 2.24) is 10.6 Å². The lowest BCUT2D eigenvalue weighted by molar-refractivity contribution is 0.494. The number of guanidine groups is 1. The van der Waals surface area contributed by atoms with Crippen LogP contribution in [0.3, 0.4) is 0 Å². The first-order chi connectivity index (χ1) is 6.74. The van der Waals surface area contributed by atoms with Crippen molar-refractivity contribution in [1.29, 1.82) is 0 Å². The summed E-state index contributed by atoms with van der Waals surface area (Å²) < 4.78 is 0. The standard InChI is InChI=1S/C12H25N3.HI/c1-7-13-10(15-11(2,3)4)14-9-8-12(9,5)6;/h9H,7-8H2,1-6H3,(H2,13,14,15);1H. The number of hydrogen-bond donors (Lipinski definition) is 2. The molecule has 1 aliphatic rings. The molecule has 0 aromatic heterocycles. The summed E-state index contributed by atoms with van der Waals surface area (Å²) in [6.45, 7) is 13.9. The van der Waals surface area contributed by atoms with E-state index in [9.17, 15) is 0 Å². The van der Waals surface area contributed by atoms with Crippen molar-refractivity contribution >= 4 is 29.9 Å². The van der Waals surface area contributed by atoms with E-state index in [0.29, 0.717) is 11.5 Å². The minimum atomic E-state index is 0. The highest BCUT2D eigenvalue weighted by Crippen LogP contribution is 2.44. The fourth-order valence-corrected chi connectivity index (χ4v) is 1.51. The van der Waals surface area contributed by atoms with E-state index in [2.05, 4.69) is 57.2 Å². The van der Waals surface area contributed by atoms with Gasteiger partial charge in [-0.3, -0.25) is 4.99 Å². The van der Waals surface area contributed by atoms with Gasteiger partial charge in [-0.15, -0.1) is 24.0 Å². The van der Waals surface area contributed by atoms with Crippen molar-refractivity contribution in [2.24, 2.45) is 10.4 Å². The minimum absolute atomic E-state index is 0. The maximum Gasteiger partial charge on any atom is 0.191 e. The average Bonchev–Trinajstić information content (AvgIpc) is 2.55. The predicted octanol–water partition coefficient (Wildman–Crippen LogP) is 2.76. The quantitative estimate of drug-likeness (QED) is 0.461. The Hall–Kier alpha value is 0. The molecule has 0 amide bonds. The summed E-state index contributed by atoms with van der Waals surface area (Å²) in [6, 6.07) is 0.581. The van der Waals surface area contributed by atoms with Crippen LogP contribution in [-0.4, -0.2) is 24.1 Å². The lowest BCUT2D eigenvalue weighted by Gasteiger charge is -2.24. The summed E-state index contributed by atoms with van der Waals surface area (Å²) in [6.07, 6.45) is 1.24. The van der Waals surface area contributed by atoms with Gasteiger partial charge in [0.1, 0.15) is 0 Å². The molecule has 1 aliphatic carbocycles. The molecule has 16 heavy (non-hydrogen) atoms. The van der Waals surface area contributed by atoms with Gasteiger partial charge in [0.15, 0.2) is 5.96 Å². The average molecular weight is 339 g/mol. The van der Waals surface area contributed by atoms with Crippen molar-refractivity contribution in [3.05, 3.63) is 0 Å². The van der Waals surface area contributed by atoms with E-state index < -0.39 is 0 Å². The van der Waals surface area contributed by atoms with Gasteiger partial charge in [-0.25, -0.2) is 0 Å². The van der Waals surface area contributed by atoms with Gasteiger partial charge in [0.2, 0.25) is 0 Å². The second kappa shape index (κ2) is 5.56. The molecule has 1 unspecified atom stereocenters. The number of aliphatic imine (C=N–C) groups is 1. The third kappa shape index (κ3) is 5.37. The molecule has 0 saturated heterocycles. The third-order valence-corrected chi connectivity index (χ3v) is 2.63. The smallest absolute Gasteiger partial charge is 0.191 e. The van der Waals surface area contributed by atoms with Crippen LogP contribution < -0.4 is 10.6 Å². The second-order valence-corrected chi connectivity index (χ2v) is 6.09. The van der Waals surface area contributed by atoms with Crippen molar-refractivity contribution in [2.75, 3.05) is 6.54 Å². The highest BCUT2D eigenvalue weighted by molar-refractivity contribution is 14.0. The Kier molecular flexibility index (Phi) is 5.56. The fourth-order valence-electron chi connectivity index (χ4n) is 1.51. The van der Waals surface area contributed by atoms with Gasteiger partial charge in [0.25, 0.3) is 0 Å². The van der Waals surface area contributed by atoms with Crippen LogP contribution in [0.2, 0.25) is 0 Å². The Morgan fingerprint density at radius 3 is 2.19 bits per heavy atom. The van der Waals surface area contributed by atoms with Crippen LogP contribution in [-0.2, 0) is 0 Å². The largest absolute Gasteiger partial charge is 0.353 e. The Morgan fingerprint density at radius 2 is 1.88 bits per heavy atom. The van der Waals surface area contributed by atoms with E-state index in [-0.39, 0.29) is 29.5 Å². The SMILES string of the molecule is CCN=C(NC1CC1(C)C)NC(C)(C)C.I. The molecule has 0 spiro atoms. The molecule has 1 saturated carbocycles. The van der Waals surface area contributed by atoms with Crippen LogP contribution in [0.25, 0.3) is 0 Å². The van der Waals surface area contributed by atoms with E-state index in [1.165, 1.54) is 6.42 Å². The van der Waals surface area contributed by atoms with Crippen molar-refractivity contribution < 1.29 is 0 Å². The molecular formula is C12H26IN3. The van der Waals surface area contributed by atoms with Crippen LogP contribution in [0.15, 0.2) is 4.99 Å². The maximum atomic E-state index is 4.45. The molecule has 2 N–H and O–H groups in total. The molecule has 4 heteroatoms. The Labute approximate surface area is 117 Å². The van der Waals surface area contributed by atoms with Crippen LogP contribution in [0.4, 0.5) is 0 Å². The summed E-state index contributed by atoms with van der Waals surface area (Å²) in [5.74, 6) is 0.945. The van der Waals surface area contributed by atoms with Crippen molar-refractivity contribution in [2.45, 2.75) is 59.5 Å². The van der Waals surface area contributed by atoms with E-state index >= 15 is 0 Å². The van der Waals surface area contributed by atoms with Crippen LogP contribution in [0.1, 0.15) is 48.0 Å². The number of hydrogen-bond acceptors (Lipinski definition) is 1. The van der Waals surface area contributed by atoms with Gasteiger partial charge in [0.05, 0.1) is 0 Å². The van der Waals surface area contributed by atoms with Gasteiger partial charge in [-0.1, -0.05) is 13.8 Å². The summed E-state index contributed by atoms with van der Waals surface area (Å²) in [5.41, 5.74) is 0.508. The van der Waals surface area contributed by atoms with Gasteiger partial charge in [-0.2, -0.15) is 0 Å². The molecule has 1 rings (SSSR count). The number of halogens is 1. The van der Waals surface area contributed by atoms with Gasteiger partial charge >= 0.3 is 0 Å². The normalized spacial score (nSPS) is 23.4. The first-order valence-corrected chi connectivity index (χ1v) is 5.84. The lowest BCUT2D eigenvalue weighted by atomic mass is 10.1. The molecule has 0 aliphatic heterocycles. The summed E-state index contributed by atoms with van der Waals surface area (Å²) in [4.78, 5) is 4.45. The molecule has 0 aromatic carbocycles. The van der Waals surface area contributed by atoms with Crippen LogP contribution >= 0.6 is 24.0 Å². The topological polar surface area (TPSA) is 36.4 Å². The number of nitrogens with one attached hydrogen (secondary N) is 2. The van der Waals surface area contributed by atoms with E-state index in [1.807, 2.05) is 0 Å². The fraction of sp³-hybridized carbons (Fsp3) is 0.917. The van der Waals surface area contributed by atoms with Crippen LogP contribution in [0, 0.1) is 5.41 Å². The zero-order valence-electron chi connectivity index (χ0n) is 11.3. The number of nitrogens with zero attached hydrogens (tertiary/aromatic N) is 1. The van der Waals surface area contributed by atoms with Crippen molar-refractivity contribution in [3.8, 4) is 0 Å². The van der Waals surface area contributed by atoms with E-state index in [0.717, 1.165) is 12.5 Å². The summed E-state index contributed by atoms with van der Waals surface area (Å²) in [7, 11) is 0. The molecule has 96 valence electrons. The molecule has 0 heterocycles. The maximum absolute atomic E-state index is 4.45. The van der Waals surface area contributed by atoms with Crippen LogP contribution in [0.5, 0.6) is 0 Å². The monoisotopic (exact) mass is 339 g/mol. The van der Waals surface area contributed by atoms with Gasteiger partial charge < -0.3 is 10.6 Å². The molecular weight excluding hydrogens is 313 g/mol. The lowest BCUT2D eigenvalue weighted by Crippen LogP contribution is -2.48. The molecule has 0 bridgehead atoms. The first kappa shape index (κ1) is 16.0. The Balaban J connectivity index is 0.00000225. The van der Waals surface area contributed by atoms with E-state index in [1.54, 1.807) is 0 Å². The molecule has 1 atom stereocenters. The third-order valence-electron chi connectivity index (χ3n) is 2.63. The molecule has 0 aromatic rings. The molecule has 0 radical (unpaired) electrons. The van der Waals surface area contributed by atoms with E-state index in [4.69, 9.17) is 0 Å². The second-order valence-electron chi connectivity index (χ2n) is 6.09. The Morgan fingerprint density at radius 1 is 1.38 bits per heavy atom. The highest BCUT2D eigenvalue weighted by atomic mass is 127. The minimum Gasteiger partial charge on any atom is -0.353 e. The summed E-state index contributed by atoms with van der Waals surface area (Å²) in [5, 5.41) is 6.88. The number of rotatable bonds is 2. The Bertz CT molecular complexity index is 253.